The molecule has 0 N–H and O–H groups in total. The predicted octanol–water partition coefficient (Wildman–Crippen LogP) is 2.81. The van der Waals surface area contributed by atoms with E-state index in [1.54, 1.807) is 0 Å². The van der Waals surface area contributed by atoms with E-state index in [4.69, 9.17) is 0 Å². The summed E-state index contributed by atoms with van der Waals surface area (Å²) in [4.78, 5) is 0. The van der Waals surface area contributed by atoms with Crippen LogP contribution in [0.25, 0.3) is 0 Å². The molecular weight excluding hydrogens is 148 g/mol. The summed E-state index contributed by atoms with van der Waals surface area (Å²) < 4.78 is 0. The Morgan fingerprint density at radius 1 is 0.444 bits per heavy atom. The van der Waals surface area contributed by atoms with E-state index in [9.17, 15) is 0 Å². The van der Waals surface area contributed by atoms with Crippen molar-refractivity contribution in [1.29, 1.82) is 0 Å². The maximum Gasteiger partial charge on any atom is 0 e. The summed E-state index contributed by atoms with van der Waals surface area (Å²) >= 11 is 0. The molecule has 0 atom stereocenters. The Balaban J connectivity index is 0. The van der Waals surface area contributed by atoms with Crippen LogP contribution in [0.15, 0.2) is 0 Å². The summed E-state index contributed by atoms with van der Waals surface area (Å²) in [6.45, 7) is 0. The van der Waals surface area contributed by atoms with Crippen molar-refractivity contribution in [2.75, 3.05) is 0 Å². The van der Waals surface area contributed by atoms with Crippen molar-refractivity contribution in [3.05, 3.63) is 7.43 Å². The molecule has 1 saturated carbocycles. The third-order valence-electron chi connectivity index (χ3n) is 1.75. The molecule has 0 spiro atoms. The van der Waals surface area contributed by atoms with Gasteiger partial charge in [0.15, 0.2) is 0 Å². The zero-order valence-corrected chi connectivity index (χ0v) is 7.13. The molecule has 0 aromatic rings. The molecule has 1 heteroatoms. The summed E-state index contributed by atoms with van der Waals surface area (Å²) in [5, 5.41) is 0. The minimum absolute atomic E-state index is 0. The molecular formula is C8H14Cr. The van der Waals surface area contributed by atoms with Gasteiger partial charge in [-0.1, -0.05) is 44.9 Å². The molecule has 0 aromatic carbocycles. The molecule has 0 amide bonds. The molecule has 0 aliphatic heterocycles. The van der Waals surface area contributed by atoms with Gasteiger partial charge in [-0.25, -0.2) is 0 Å². The molecule has 0 heterocycles. The zero-order chi connectivity index (χ0) is 4.95. The smallest absolute Gasteiger partial charge is 0 e. The van der Waals surface area contributed by atoms with Crippen molar-refractivity contribution in [3.63, 3.8) is 0 Å². The van der Waals surface area contributed by atoms with Crippen LogP contribution >= 0.6 is 0 Å². The van der Waals surface area contributed by atoms with Crippen LogP contribution in [0, 0.1) is 7.43 Å². The third-order valence-corrected chi connectivity index (χ3v) is 1.75. The van der Waals surface area contributed by atoms with Gasteiger partial charge in [-0.2, -0.15) is 0 Å². The van der Waals surface area contributed by atoms with Crippen molar-refractivity contribution in [2.45, 2.75) is 44.9 Å². The van der Waals surface area contributed by atoms with Gasteiger partial charge in [-0.3, -0.25) is 0 Å². The summed E-state index contributed by atoms with van der Waals surface area (Å²) in [6, 6.07) is 0. The Hall–Kier alpha value is 0.532. The van der Waals surface area contributed by atoms with Crippen LogP contribution in [0.2, 0.25) is 0 Å². The molecule has 1 aliphatic rings. The molecule has 4 radical (unpaired) electrons. The first-order chi connectivity index (χ1) is 3.50. The van der Waals surface area contributed by atoms with Gasteiger partial charge in [0.1, 0.15) is 0 Å². The maximum absolute atomic E-state index is 1.50. The second-order valence-electron chi connectivity index (χ2n) is 2.47. The van der Waals surface area contributed by atoms with E-state index in [0.717, 1.165) is 0 Å². The average Bonchev–Trinajstić information content (AvgIpc) is 1.90. The minimum atomic E-state index is 0. The van der Waals surface area contributed by atoms with Gasteiger partial charge < -0.3 is 0 Å². The van der Waals surface area contributed by atoms with Crippen LogP contribution in [0.1, 0.15) is 44.9 Å². The van der Waals surface area contributed by atoms with Gasteiger partial charge in [0, 0.05) is 24.8 Å². The molecule has 0 saturated heterocycles. The van der Waals surface area contributed by atoms with Crippen molar-refractivity contribution >= 4 is 0 Å². The van der Waals surface area contributed by atoms with Crippen molar-refractivity contribution in [2.24, 2.45) is 0 Å². The fourth-order valence-corrected chi connectivity index (χ4v) is 1.24. The van der Waals surface area contributed by atoms with Crippen LogP contribution in [0.4, 0.5) is 0 Å². The average molecular weight is 162 g/mol. The minimum Gasteiger partial charge on any atom is -0.0533 e. The normalized spacial score (nSPS) is 18.7. The summed E-state index contributed by atoms with van der Waals surface area (Å²) in [6.07, 6.45) is 10.5. The van der Waals surface area contributed by atoms with Gasteiger partial charge in [-0.05, 0) is 0 Å². The monoisotopic (exact) mass is 162 g/mol. The Labute approximate surface area is 70.2 Å². The SMILES string of the molecule is C1CCCCCC1.[C].[Cr]. The number of rotatable bonds is 0. The maximum atomic E-state index is 1.50. The van der Waals surface area contributed by atoms with Gasteiger partial charge in [0.2, 0.25) is 0 Å². The van der Waals surface area contributed by atoms with E-state index in [-0.39, 0.29) is 24.8 Å². The van der Waals surface area contributed by atoms with Crippen molar-refractivity contribution in [3.8, 4) is 0 Å². The second kappa shape index (κ2) is 8.53. The topological polar surface area (TPSA) is 0 Å². The van der Waals surface area contributed by atoms with E-state index in [2.05, 4.69) is 0 Å². The molecule has 1 rings (SSSR count). The second-order valence-corrected chi connectivity index (χ2v) is 2.47. The molecule has 0 nitrogen and oxygen atoms in total. The zero-order valence-electron chi connectivity index (χ0n) is 5.86. The molecule has 1 fully saturated rings. The first-order valence-electron chi connectivity index (χ1n) is 3.50. The quantitative estimate of drug-likeness (QED) is 0.480. The molecule has 52 valence electrons. The van der Waals surface area contributed by atoms with E-state index < -0.39 is 0 Å². The first-order valence-corrected chi connectivity index (χ1v) is 3.50. The van der Waals surface area contributed by atoms with Crippen LogP contribution in [-0.4, -0.2) is 0 Å². The van der Waals surface area contributed by atoms with Gasteiger partial charge in [-0.15, -0.1) is 0 Å². The van der Waals surface area contributed by atoms with Crippen LogP contribution in [0.3, 0.4) is 0 Å². The fraction of sp³-hybridized carbons (Fsp3) is 0.875. The fourth-order valence-electron chi connectivity index (χ4n) is 1.24. The molecule has 0 bridgehead atoms. The summed E-state index contributed by atoms with van der Waals surface area (Å²) in [7, 11) is 0. The van der Waals surface area contributed by atoms with Crippen LogP contribution < -0.4 is 0 Å². The molecule has 9 heavy (non-hydrogen) atoms. The Morgan fingerprint density at radius 2 is 0.556 bits per heavy atom. The molecule has 1 aliphatic carbocycles. The molecule has 0 aromatic heterocycles. The Bertz CT molecular complexity index is 24.2. The standard InChI is InChI=1S/C7H14.C.Cr/c1-2-4-6-7-5-3-1;;/h1-7H2;;. The Morgan fingerprint density at radius 3 is 0.667 bits per heavy atom. The number of hydrogen-bond acceptors (Lipinski definition) is 0. The van der Waals surface area contributed by atoms with E-state index in [0.29, 0.717) is 0 Å². The first kappa shape index (κ1) is 12.2. The predicted molar refractivity (Wildman–Crippen MR) is 35.6 cm³/mol. The third kappa shape index (κ3) is 6.42. The van der Waals surface area contributed by atoms with Crippen LogP contribution in [0.5, 0.6) is 0 Å². The van der Waals surface area contributed by atoms with E-state index in [1.165, 1.54) is 44.9 Å². The molecule has 0 unspecified atom stereocenters. The Kier molecular flexibility index (Phi) is 11.6. The van der Waals surface area contributed by atoms with Gasteiger partial charge >= 0.3 is 0 Å². The van der Waals surface area contributed by atoms with E-state index in [1.807, 2.05) is 0 Å². The summed E-state index contributed by atoms with van der Waals surface area (Å²) in [5.41, 5.74) is 0. The summed E-state index contributed by atoms with van der Waals surface area (Å²) in [5.74, 6) is 0. The number of hydrogen-bond donors (Lipinski definition) is 0. The van der Waals surface area contributed by atoms with Gasteiger partial charge in [0.05, 0.1) is 0 Å². The van der Waals surface area contributed by atoms with Crippen molar-refractivity contribution in [1.82, 2.24) is 0 Å². The van der Waals surface area contributed by atoms with Crippen LogP contribution in [-0.2, 0) is 17.4 Å². The van der Waals surface area contributed by atoms with Gasteiger partial charge in [0.25, 0.3) is 0 Å². The largest absolute Gasteiger partial charge is 0.0533 e. The van der Waals surface area contributed by atoms with Crippen molar-refractivity contribution < 1.29 is 17.4 Å². The van der Waals surface area contributed by atoms with E-state index >= 15 is 0 Å².